The third-order valence-corrected chi connectivity index (χ3v) is 1.83. The normalized spacial score (nSPS) is 10.2. The number of rotatable bonds is 1. The number of pyridine rings is 1. The van der Waals surface area contributed by atoms with Crippen molar-refractivity contribution in [1.29, 1.82) is 5.26 Å². The average Bonchev–Trinajstić information content (AvgIpc) is 2.59. The van der Waals surface area contributed by atoms with Gasteiger partial charge in [0.2, 0.25) is 0 Å². The van der Waals surface area contributed by atoms with Crippen LogP contribution in [0.1, 0.15) is 18.4 Å². The van der Waals surface area contributed by atoms with Gasteiger partial charge in [-0.2, -0.15) is 10.4 Å². The van der Waals surface area contributed by atoms with Crippen LogP contribution in [0.15, 0.2) is 18.2 Å². The fourth-order valence-corrected chi connectivity index (χ4v) is 1.18. The van der Waals surface area contributed by atoms with Crippen molar-refractivity contribution in [3.05, 3.63) is 29.7 Å². The predicted octanol–water partition coefficient (Wildman–Crippen LogP) is 1.16. The first-order valence-electron chi connectivity index (χ1n) is 4.10. The van der Waals surface area contributed by atoms with Crippen molar-refractivity contribution in [1.82, 2.24) is 14.6 Å². The molecule has 2 heterocycles. The molecule has 0 aliphatic heterocycles. The fraction of sp³-hybridized carbons (Fsp3) is 0.222. The van der Waals surface area contributed by atoms with Crippen LogP contribution in [0.2, 0.25) is 0 Å². The first kappa shape index (κ1) is 7.74. The first-order chi connectivity index (χ1) is 6.35. The molecule has 0 aliphatic rings. The van der Waals surface area contributed by atoms with Crippen molar-refractivity contribution >= 4 is 5.65 Å². The summed E-state index contributed by atoms with van der Waals surface area (Å²) in [7, 11) is 0. The molecule has 0 aromatic carbocycles. The summed E-state index contributed by atoms with van der Waals surface area (Å²) in [6.45, 7) is 1.99. The number of aryl methyl sites for hydroxylation is 1. The molecule has 4 heteroatoms. The molecule has 0 N–H and O–H groups in total. The highest BCUT2D eigenvalue weighted by atomic mass is 15.3. The van der Waals surface area contributed by atoms with Gasteiger partial charge in [-0.1, -0.05) is 13.0 Å². The number of aromatic nitrogens is 3. The third kappa shape index (κ3) is 1.14. The zero-order valence-corrected chi connectivity index (χ0v) is 7.23. The van der Waals surface area contributed by atoms with Gasteiger partial charge in [-0.05, 0) is 12.1 Å². The van der Waals surface area contributed by atoms with E-state index in [-0.39, 0.29) is 0 Å². The van der Waals surface area contributed by atoms with Gasteiger partial charge in [0.25, 0.3) is 0 Å². The lowest BCUT2D eigenvalue weighted by molar-refractivity contribution is 0.875. The third-order valence-electron chi connectivity index (χ3n) is 1.83. The van der Waals surface area contributed by atoms with E-state index in [4.69, 9.17) is 5.26 Å². The molecule has 0 saturated heterocycles. The minimum atomic E-state index is 0.518. The van der Waals surface area contributed by atoms with Gasteiger partial charge in [0, 0.05) is 6.42 Å². The lowest BCUT2D eigenvalue weighted by Crippen LogP contribution is -1.93. The second-order valence-electron chi connectivity index (χ2n) is 2.67. The maximum atomic E-state index is 8.78. The molecule has 2 aromatic rings. The Kier molecular flexibility index (Phi) is 1.71. The van der Waals surface area contributed by atoms with Gasteiger partial charge in [-0.25, -0.2) is 9.50 Å². The van der Waals surface area contributed by atoms with E-state index >= 15 is 0 Å². The molecular weight excluding hydrogens is 164 g/mol. The lowest BCUT2D eigenvalue weighted by atomic mass is 10.4. The van der Waals surface area contributed by atoms with Crippen LogP contribution in [0.3, 0.4) is 0 Å². The van der Waals surface area contributed by atoms with E-state index in [2.05, 4.69) is 16.2 Å². The largest absolute Gasteiger partial charge is 0.212 e. The van der Waals surface area contributed by atoms with E-state index in [1.807, 2.05) is 19.1 Å². The molecule has 0 saturated carbocycles. The highest BCUT2D eigenvalue weighted by Gasteiger charge is 2.03. The maximum Gasteiger partial charge on any atom is 0.157 e. The Morgan fingerprint density at radius 1 is 1.54 bits per heavy atom. The standard InChI is InChI=1S/C9H8N4/c1-2-8-11-9-5-3-4-7(6-10)13(9)12-8/h3-5H,2H2,1H3. The minimum absolute atomic E-state index is 0.518. The Labute approximate surface area is 75.4 Å². The van der Waals surface area contributed by atoms with Crippen LogP contribution in [0.5, 0.6) is 0 Å². The Bertz CT molecular complexity index is 478. The molecule has 0 bridgehead atoms. The zero-order chi connectivity index (χ0) is 9.26. The van der Waals surface area contributed by atoms with Crippen molar-refractivity contribution in [2.24, 2.45) is 0 Å². The Morgan fingerprint density at radius 2 is 2.38 bits per heavy atom. The van der Waals surface area contributed by atoms with Crippen LogP contribution >= 0.6 is 0 Å². The summed E-state index contributed by atoms with van der Waals surface area (Å²) in [4.78, 5) is 4.24. The summed E-state index contributed by atoms with van der Waals surface area (Å²) in [5.41, 5.74) is 1.25. The monoisotopic (exact) mass is 172 g/mol. The number of nitriles is 1. The van der Waals surface area contributed by atoms with Gasteiger partial charge in [-0.3, -0.25) is 0 Å². The van der Waals surface area contributed by atoms with Crippen LogP contribution in [-0.4, -0.2) is 14.6 Å². The van der Waals surface area contributed by atoms with Crippen molar-refractivity contribution in [3.8, 4) is 6.07 Å². The van der Waals surface area contributed by atoms with Gasteiger partial charge in [0.05, 0.1) is 0 Å². The van der Waals surface area contributed by atoms with Crippen LogP contribution in [0.4, 0.5) is 0 Å². The predicted molar refractivity (Wildman–Crippen MR) is 47.1 cm³/mol. The highest BCUT2D eigenvalue weighted by Crippen LogP contribution is 2.04. The highest BCUT2D eigenvalue weighted by molar-refractivity contribution is 5.41. The Morgan fingerprint density at radius 3 is 3.08 bits per heavy atom. The fourth-order valence-electron chi connectivity index (χ4n) is 1.18. The molecule has 0 amide bonds. The second-order valence-corrected chi connectivity index (χ2v) is 2.67. The summed E-state index contributed by atoms with van der Waals surface area (Å²) in [6.07, 6.45) is 0.784. The van der Waals surface area contributed by atoms with Gasteiger partial charge < -0.3 is 0 Å². The summed E-state index contributed by atoms with van der Waals surface area (Å²) in [6, 6.07) is 7.44. The van der Waals surface area contributed by atoms with E-state index in [9.17, 15) is 0 Å². The van der Waals surface area contributed by atoms with E-state index < -0.39 is 0 Å². The topological polar surface area (TPSA) is 54.0 Å². The summed E-state index contributed by atoms with van der Waals surface area (Å²) < 4.78 is 1.57. The molecule has 0 atom stereocenters. The quantitative estimate of drug-likeness (QED) is 0.648. The molecule has 0 radical (unpaired) electrons. The summed E-state index contributed by atoms with van der Waals surface area (Å²) >= 11 is 0. The Hall–Kier alpha value is -1.89. The van der Waals surface area contributed by atoms with Crippen LogP contribution in [0.25, 0.3) is 5.65 Å². The van der Waals surface area contributed by atoms with Gasteiger partial charge >= 0.3 is 0 Å². The van der Waals surface area contributed by atoms with Crippen molar-refractivity contribution in [2.45, 2.75) is 13.3 Å². The van der Waals surface area contributed by atoms with E-state index in [0.29, 0.717) is 5.69 Å². The van der Waals surface area contributed by atoms with Crippen molar-refractivity contribution < 1.29 is 0 Å². The Balaban J connectivity index is 2.76. The SMILES string of the molecule is CCc1nc2cccc(C#N)n2n1. The minimum Gasteiger partial charge on any atom is -0.212 e. The lowest BCUT2D eigenvalue weighted by Gasteiger charge is -1.91. The summed E-state index contributed by atoms with van der Waals surface area (Å²) in [5.74, 6) is 0.766. The maximum absolute atomic E-state index is 8.78. The number of fused-ring (bicyclic) bond motifs is 1. The molecule has 2 aromatic heterocycles. The van der Waals surface area contributed by atoms with Gasteiger partial charge in [0.15, 0.2) is 11.5 Å². The van der Waals surface area contributed by atoms with Crippen LogP contribution in [-0.2, 0) is 6.42 Å². The zero-order valence-electron chi connectivity index (χ0n) is 7.23. The number of hydrogen-bond donors (Lipinski definition) is 0. The van der Waals surface area contributed by atoms with Crippen molar-refractivity contribution in [3.63, 3.8) is 0 Å². The van der Waals surface area contributed by atoms with Gasteiger partial charge in [0.1, 0.15) is 11.8 Å². The molecule has 4 nitrogen and oxygen atoms in total. The van der Waals surface area contributed by atoms with Crippen LogP contribution < -0.4 is 0 Å². The molecule has 0 spiro atoms. The van der Waals surface area contributed by atoms with Gasteiger partial charge in [-0.15, -0.1) is 0 Å². The average molecular weight is 172 g/mol. The van der Waals surface area contributed by atoms with Crippen molar-refractivity contribution in [2.75, 3.05) is 0 Å². The molecule has 0 aliphatic carbocycles. The van der Waals surface area contributed by atoms with Crippen LogP contribution in [0, 0.1) is 11.3 Å². The molecule has 0 fully saturated rings. The second kappa shape index (κ2) is 2.87. The number of hydrogen-bond acceptors (Lipinski definition) is 3. The smallest absolute Gasteiger partial charge is 0.157 e. The first-order valence-corrected chi connectivity index (χ1v) is 4.10. The van der Waals surface area contributed by atoms with E-state index in [1.165, 1.54) is 0 Å². The van der Waals surface area contributed by atoms with E-state index in [1.54, 1.807) is 10.6 Å². The molecule has 13 heavy (non-hydrogen) atoms. The molecule has 0 unspecified atom stereocenters. The molecule has 2 rings (SSSR count). The number of nitrogens with zero attached hydrogens (tertiary/aromatic N) is 4. The molecular formula is C9H8N4. The summed E-state index contributed by atoms with van der Waals surface area (Å²) in [5, 5.41) is 13.0. The molecule has 64 valence electrons. The van der Waals surface area contributed by atoms with E-state index in [0.717, 1.165) is 17.9 Å².